The van der Waals surface area contributed by atoms with Gasteiger partial charge < -0.3 is 10.0 Å². The molecular weight excluding hydrogens is 192 g/mol. The Labute approximate surface area is 88.9 Å². The topological polar surface area (TPSA) is 35.9 Å². The van der Waals surface area contributed by atoms with E-state index in [1.54, 1.807) is 17.2 Å². The highest BCUT2D eigenvalue weighted by atomic mass is 16.7. The van der Waals surface area contributed by atoms with Gasteiger partial charge in [-0.25, -0.2) is 5.06 Å². The summed E-state index contributed by atoms with van der Waals surface area (Å²) in [5.41, 5.74) is 1.03. The van der Waals surface area contributed by atoms with Crippen LogP contribution in [0.4, 0.5) is 5.69 Å². The van der Waals surface area contributed by atoms with Gasteiger partial charge in [-0.1, -0.05) is 0 Å². The third-order valence-electron chi connectivity index (χ3n) is 2.18. The lowest BCUT2D eigenvalue weighted by Crippen LogP contribution is -2.25. The van der Waals surface area contributed by atoms with Crippen molar-refractivity contribution in [1.29, 1.82) is 0 Å². The summed E-state index contributed by atoms with van der Waals surface area (Å²) in [6.45, 7) is 3.30. The first kappa shape index (κ1) is 9.86. The molecule has 80 valence electrons. The Kier molecular flexibility index (Phi) is 2.78. The molecule has 0 bridgehead atoms. The summed E-state index contributed by atoms with van der Waals surface area (Å²) in [4.78, 5) is 7.37. The molecule has 0 spiro atoms. The average molecular weight is 206 g/mol. The van der Waals surface area contributed by atoms with Gasteiger partial charge in [0.1, 0.15) is 12.4 Å². The van der Waals surface area contributed by atoms with Gasteiger partial charge in [-0.15, -0.1) is 0 Å². The second kappa shape index (κ2) is 4.23. The van der Waals surface area contributed by atoms with Crippen molar-refractivity contribution in [1.82, 2.24) is 5.06 Å². The van der Waals surface area contributed by atoms with Gasteiger partial charge in [0.15, 0.2) is 0 Å². The zero-order valence-corrected chi connectivity index (χ0v) is 8.63. The van der Waals surface area contributed by atoms with E-state index in [9.17, 15) is 0 Å². The number of benzene rings is 1. The van der Waals surface area contributed by atoms with E-state index in [1.165, 1.54) is 0 Å². The Morgan fingerprint density at radius 3 is 2.67 bits per heavy atom. The second-order valence-electron chi connectivity index (χ2n) is 3.26. The minimum atomic E-state index is 0.281. The van der Waals surface area contributed by atoms with Crippen LogP contribution in [0.15, 0.2) is 36.7 Å². The van der Waals surface area contributed by atoms with Gasteiger partial charge in [0.2, 0.25) is 0 Å². The monoisotopic (exact) mass is 206 g/mol. The smallest absolute Gasteiger partial charge is 0.120 e. The molecule has 1 aliphatic rings. The van der Waals surface area contributed by atoms with E-state index in [-0.39, 0.29) is 5.75 Å². The number of aromatic hydroxyl groups is 1. The highest BCUT2D eigenvalue weighted by Gasteiger charge is 2.13. The zero-order valence-electron chi connectivity index (χ0n) is 8.63. The molecule has 0 radical (unpaired) electrons. The summed E-state index contributed by atoms with van der Waals surface area (Å²) < 4.78 is 0. The van der Waals surface area contributed by atoms with Gasteiger partial charge in [0, 0.05) is 18.1 Å². The molecule has 1 aromatic rings. The van der Waals surface area contributed by atoms with Gasteiger partial charge in [0.25, 0.3) is 0 Å². The molecule has 0 saturated carbocycles. The Balaban J connectivity index is 2.02. The molecule has 0 aliphatic carbocycles. The number of hydroxylamine groups is 2. The summed E-state index contributed by atoms with van der Waals surface area (Å²) in [5, 5.41) is 10.9. The van der Waals surface area contributed by atoms with Gasteiger partial charge in [-0.2, -0.15) is 0 Å². The quantitative estimate of drug-likeness (QED) is 0.819. The Bertz CT molecular complexity index is 348. The molecule has 1 aliphatic heterocycles. The minimum Gasteiger partial charge on any atom is -0.508 e. The predicted octanol–water partition coefficient (Wildman–Crippen LogP) is 1.89. The molecule has 0 saturated heterocycles. The first-order valence-corrected chi connectivity index (χ1v) is 4.93. The van der Waals surface area contributed by atoms with Crippen LogP contribution in [0.25, 0.3) is 0 Å². The van der Waals surface area contributed by atoms with Crippen LogP contribution in [0, 0.1) is 0 Å². The van der Waals surface area contributed by atoms with Gasteiger partial charge in [-0.05, 0) is 31.2 Å². The maximum absolute atomic E-state index is 9.16. The van der Waals surface area contributed by atoms with Gasteiger partial charge in [0.05, 0.1) is 6.61 Å². The van der Waals surface area contributed by atoms with Crippen LogP contribution in [0.3, 0.4) is 0 Å². The van der Waals surface area contributed by atoms with Crippen molar-refractivity contribution < 1.29 is 9.94 Å². The molecule has 0 aromatic heterocycles. The summed E-state index contributed by atoms with van der Waals surface area (Å²) in [6, 6.07) is 7.09. The normalized spacial score (nSPS) is 15.0. The number of anilines is 1. The molecule has 1 heterocycles. The third-order valence-corrected chi connectivity index (χ3v) is 2.18. The number of hydrogen-bond donors (Lipinski definition) is 1. The van der Waals surface area contributed by atoms with Crippen LogP contribution in [-0.4, -0.2) is 23.4 Å². The number of nitrogens with zero attached hydrogens (tertiary/aromatic N) is 2. The van der Waals surface area contributed by atoms with Crippen molar-refractivity contribution in [2.24, 2.45) is 0 Å². The van der Waals surface area contributed by atoms with Crippen molar-refractivity contribution >= 4 is 5.69 Å². The van der Waals surface area contributed by atoms with Crippen molar-refractivity contribution in [2.45, 2.75) is 6.92 Å². The van der Waals surface area contributed by atoms with Crippen LogP contribution in [-0.2, 0) is 4.84 Å². The highest BCUT2D eigenvalue weighted by Crippen LogP contribution is 2.21. The number of phenols is 1. The lowest BCUT2D eigenvalue weighted by Gasteiger charge is -2.20. The Hall–Kier alpha value is -1.68. The van der Waals surface area contributed by atoms with Crippen LogP contribution in [0.5, 0.6) is 5.75 Å². The Morgan fingerprint density at radius 2 is 2.00 bits per heavy atom. The van der Waals surface area contributed by atoms with Crippen LogP contribution >= 0.6 is 0 Å². The molecule has 2 rings (SSSR count). The zero-order chi connectivity index (χ0) is 10.7. The maximum Gasteiger partial charge on any atom is 0.120 e. The first-order valence-electron chi connectivity index (χ1n) is 4.93. The van der Waals surface area contributed by atoms with E-state index in [1.807, 2.05) is 36.4 Å². The fourth-order valence-electron chi connectivity index (χ4n) is 1.46. The van der Waals surface area contributed by atoms with Crippen LogP contribution in [0.1, 0.15) is 6.92 Å². The molecule has 1 aromatic carbocycles. The fourth-order valence-corrected chi connectivity index (χ4v) is 1.46. The first-order chi connectivity index (χ1) is 7.29. The van der Waals surface area contributed by atoms with Crippen molar-refractivity contribution in [3.8, 4) is 5.75 Å². The molecule has 0 amide bonds. The predicted molar refractivity (Wildman–Crippen MR) is 58.1 cm³/mol. The van der Waals surface area contributed by atoms with Crippen molar-refractivity contribution in [3.63, 3.8) is 0 Å². The van der Waals surface area contributed by atoms with E-state index >= 15 is 0 Å². The molecule has 15 heavy (non-hydrogen) atoms. The molecule has 0 unspecified atom stereocenters. The van der Waals surface area contributed by atoms with Crippen molar-refractivity contribution in [2.75, 3.05) is 18.2 Å². The van der Waals surface area contributed by atoms with Gasteiger partial charge in [-0.3, -0.25) is 4.84 Å². The summed E-state index contributed by atoms with van der Waals surface area (Å²) in [7, 11) is 0. The van der Waals surface area contributed by atoms with E-state index in [2.05, 4.69) is 0 Å². The molecule has 0 fully saturated rings. The number of phenolic OH excluding ortho intramolecular Hbond substituents is 1. The highest BCUT2D eigenvalue weighted by molar-refractivity contribution is 5.51. The van der Waals surface area contributed by atoms with E-state index < -0.39 is 0 Å². The maximum atomic E-state index is 9.16. The average Bonchev–Trinajstić information content (AvgIpc) is 2.68. The second-order valence-corrected chi connectivity index (χ2v) is 3.26. The molecule has 4 nitrogen and oxygen atoms in total. The molecule has 4 heteroatoms. The standard InChI is InChI=1S/C11H14N2O2/c1-2-15-13-8-7-12(9-13)10-3-5-11(14)6-4-10/h3-8,14H,2,9H2,1H3. The van der Waals surface area contributed by atoms with E-state index in [0.29, 0.717) is 13.3 Å². The molecule has 0 atom stereocenters. The van der Waals surface area contributed by atoms with E-state index in [4.69, 9.17) is 9.94 Å². The Morgan fingerprint density at radius 1 is 1.27 bits per heavy atom. The third kappa shape index (κ3) is 2.22. The fraction of sp³-hybridized carbons (Fsp3) is 0.273. The minimum absolute atomic E-state index is 0.281. The molecular formula is C11H14N2O2. The van der Waals surface area contributed by atoms with Crippen LogP contribution in [0.2, 0.25) is 0 Å². The van der Waals surface area contributed by atoms with Crippen molar-refractivity contribution in [3.05, 3.63) is 36.7 Å². The summed E-state index contributed by atoms with van der Waals surface area (Å²) >= 11 is 0. The van der Waals surface area contributed by atoms with Crippen LogP contribution < -0.4 is 4.90 Å². The summed E-state index contributed by atoms with van der Waals surface area (Å²) in [5.74, 6) is 0.281. The lowest BCUT2D eigenvalue weighted by molar-refractivity contribution is -0.107. The largest absolute Gasteiger partial charge is 0.508 e. The van der Waals surface area contributed by atoms with Gasteiger partial charge >= 0.3 is 0 Å². The van der Waals surface area contributed by atoms with E-state index in [0.717, 1.165) is 5.69 Å². The molecule has 1 N–H and O–H groups in total. The number of hydrogen-bond acceptors (Lipinski definition) is 4. The lowest BCUT2D eigenvalue weighted by atomic mass is 10.3. The SMILES string of the molecule is CCON1C=CN(c2ccc(O)cc2)C1. The number of rotatable bonds is 3. The summed E-state index contributed by atoms with van der Waals surface area (Å²) in [6.07, 6.45) is 3.83.